The summed E-state index contributed by atoms with van der Waals surface area (Å²) in [5.41, 5.74) is 0.282. The molecule has 5 heteroatoms. The first-order chi connectivity index (χ1) is 7.65. The van der Waals surface area contributed by atoms with E-state index in [1.807, 2.05) is 0 Å². The largest absolute Gasteiger partial charge is 0.504 e. The van der Waals surface area contributed by atoms with Gasteiger partial charge in [-0.15, -0.1) is 0 Å². The molecule has 1 aliphatic rings. The number of fused-ring (bicyclic) bond motifs is 1. The van der Waals surface area contributed by atoms with Gasteiger partial charge in [0.15, 0.2) is 17.3 Å². The third-order valence-corrected chi connectivity index (χ3v) is 2.33. The molecule has 1 N–H and O–H groups in total. The molecule has 1 aliphatic heterocycles. The first-order valence-corrected chi connectivity index (χ1v) is 4.85. The summed E-state index contributed by atoms with van der Waals surface area (Å²) in [4.78, 5) is 11.4. The molecule has 0 aliphatic carbocycles. The van der Waals surface area contributed by atoms with E-state index >= 15 is 0 Å². The van der Waals surface area contributed by atoms with Gasteiger partial charge in [0.05, 0.1) is 12.7 Å². The number of benzene rings is 1. The molecule has 0 radical (unpaired) electrons. The number of hydrogen-bond donors (Lipinski definition) is 1. The van der Waals surface area contributed by atoms with Gasteiger partial charge in [-0.3, -0.25) is 4.79 Å². The van der Waals surface area contributed by atoms with E-state index in [9.17, 15) is 9.90 Å². The molecule has 0 bridgehead atoms. The number of hydrogen-bond acceptors (Lipinski definition) is 5. The monoisotopic (exact) mass is 224 g/mol. The third kappa shape index (κ3) is 1.54. The molecule has 0 saturated carbocycles. The topological polar surface area (TPSA) is 65.0 Å². The number of Topliss-reactive ketones (excluding diaryl/α,β-unsaturated/α-hetero) is 1. The molecule has 5 nitrogen and oxygen atoms in total. The maximum atomic E-state index is 11.4. The fraction of sp³-hybridized carbons (Fsp3) is 0.364. The van der Waals surface area contributed by atoms with Crippen LogP contribution in [0.1, 0.15) is 17.3 Å². The molecule has 86 valence electrons. The van der Waals surface area contributed by atoms with Crippen LogP contribution in [-0.2, 0) is 0 Å². The van der Waals surface area contributed by atoms with Crippen molar-refractivity contribution < 1.29 is 24.1 Å². The number of carbonyl (C=O) groups excluding carboxylic acids is 1. The molecule has 0 unspecified atom stereocenters. The summed E-state index contributed by atoms with van der Waals surface area (Å²) in [6.45, 7) is 2.13. The highest BCUT2D eigenvalue weighted by Gasteiger charge is 2.25. The zero-order valence-electron chi connectivity index (χ0n) is 9.07. The zero-order valence-corrected chi connectivity index (χ0v) is 9.07. The molecular formula is C11H12O5. The number of ketones is 1. The van der Waals surface area contributed by atoms with Gasteiger partial charge >= 0.3 is 0 Å². The lowest BCUT2D eigenvalue weighted by atomic mass is 10.1. The van der Waals surface area contributed by atoms with Gasteiger partial charge < -0.3 is 19.3 Å². The van der Waals surface area contributed by atoms with Crippen LogP contribution in [0.4, 0.5) is 0 Å². The van der Waals surface area contributed by atoms with Crippen LogP contribution in [0.15, 0.2) is 6.07 Å². The quantitative estimate of drug-likeness (QED) is 0.768. The maximum Gasteiger partial charge on any atom is 0.208 e. The number of phenolic OH excluding ortho intramolecular Hbond substituents is 1. The van der Waals surface area contributed by atoms with E-state index in [0.29, 0.717) is 24.7 Å². The van der Waals surface area contributed by atoms with E-state index in [-0.39, 0.29) is 22.8 Å². The summed E-state index contributed by atoms with van der Waals surface area (Å²) in [7, 11) is 1.44. The summed E-state index contributed by atoms with van der Waals surface area (Å²) in [5.74, 6) is 0.511. The highest BCUT2D eigenvalue weighted by Crippen LogP contribution is 2.47. The Balaban J connectivity index is 2.66. The van der Waals surface area contributed by atoms with Crippen molar-refractivity contribution >= 4 is 5.78 Å². The Morgan fingerprint density at radius 3 is 2.56 bits per heavy atom. The predicted octanol–water partition coefficient (Wildman–Crippen LogP) is 1.37. The minimum absolute atomic E-state index is 0.110. The molecule has 0 saturated heterocycles. The molecule has 0 spiro atoms. The van der Waals surface area contributed by atoms with Gasteiger partial charge in [0.1, 0.15) is 13.2 Å². The van der Waals surface area contributed by atoms with Crippen LogP contribution in [0, 0.1) is 0 Å². The van der Waals surface area contributed by atoms with Crippen molar-refractivity contribution in [1.29, 1.82) is 0 Å². The molecule has 1 aromatic carbocycles. The van der Waals surface area contributed by atoms with Crippen molar-refractivity contribution in [3.8, 4) is 23.0 Å². The van der Waals surface area contributed by atoms with Gasteiger partial charge in [-0.2, -0.15) is 0 Å². The lowest BCUT2D eigenvalue weighted by molar-refractivity contribution is 0.101. The van der Waals surface area contributed by atoms with Gasteiger partial charge in [0.2, 0.25) is 11.5 Å². The first-order valence-electron chi connectivity index (χ1n) is 4.85. The molecular weight excluding hydrogens is 212 g/mol. The third-order valence-electron chi connectivity index (χ3n) is 2.33. The summed E-state index contributed by atoms with van der Waals surface area (Å²) >= 11 is 0. The summed E-state index contributed by atoms with van der Waals surface area (Å²) in [6, 6.07) is 1.33. The lowest BCUT2D eigenvalue weighted by Crippen LogP contribution is -2.17. The standard InChI is InChI=1S/C11H12O5/c1-6(12)7-5-8(13)10-11(9(7)14-2)16-4-3-15-10/h5,13H,3-4H2,1-2H3. The van der Waals surface area contributed by atoms with E-state index in [1.165, 1.54) is 20.1 Å². The minimum Gasteiger partial charge on any atom is -0.504 e. The second-order valence-corrected chi connectivity index (χ2v) is 3.39. The zero-order chi connectivity index (χ0) is 11.7. The highest BCUT2D eigenvalue weighted by molar-refractivity contribution is 5.99. The van der Waals surface area contributed by atoms with Crippen molar-refractivity contribution in [3.05, 3.63) is 11.6 Å². The fourth-order valence-corrected chi connectivity index (χ4v) is 1.63. The van der Waals surface area contributed by atoms with Gasteiger partial charge in [-0.1, -0.05) is 0 Å². The Morgan fingerprint density at radius 2 is 2.00 bits per heavy atom. The van der Waals surface area contributed by atoms with Gasteiger partial charge in [-0.05, 0) is 13.0 Å². The molecule has 2 rings (SSSR count). The van der Waals surface area contributed by atoms with Crippen molar-refractivity contribution in [2.45, 2.75) is 6.92 Å². The van der Waals surface area contributed by atoms with Crippen LogP contribution in [0.3, 0.4) is 0 Å². The van der Waals surface area contributed by atoms with Crippen LogP contribution < -0.4 is 14.2 Å². The molecule has 1 aromatic rings. The lowest BCUT2D eigenvalue weighted by Gasteiger charge is -2.22. The molecule has 0 atom stereocenters. The Kier molecular flexibility index (Phi) is 2.60. The molecule has 0 aromatic heterocycles. The van der Waals surface area contributed by atoms with Gasteiger partial charge in [0, 0.05) is 0 Å². The number of aromatic hydroxyl groups is 1. The van der Waals surface area contributed by atoms with Crippen molar-refractivity contribution in [2.24, 2.45) is 0 Å². The Hall–Kier alpha value is -1.91. The average molecular weight is 224 g/mol. The number of carbonyl (C=O) groups is 1. The first kappa shape index (κ1) is 10.6. The highest BCUT2D eigenvalue weighted by atomic mass is 16.6. The van der Waals surface area contributed by atoms with E-state index in [4.69, 9.17) is 14.2 Å². The van der Waals surface area contributed by atoms with Crippen molar-refractivity contribution in [2.75, 3.05) is 20.3 Å². The smallest absolute Gasteiger partial charge is 0.208 e. The summed E-state index contributed by atoms with van der Waals surface area (Å²) < 4.78 is 15.7. The van der Waals surface area contributed by atoms with Crippen molar-refractivity contribution in [3.63, 3.8) is 0 Å². The number of ether oxygens (including phenoxy) is 3. The minimum atomic E-state index is -0.205. The van der Waals surface area contributed by atoms with E-state index in [0.717, 1.165) is 0 Å². The van der Waals surface area contributed by atoms with Crippen LogP contribution in [0.25, 0.3) is 0 Å². The van der Waals surface area contributed by atoms with Gasteiger partial charge in [0.25, 0.3) is 0 Å². The van der Waals surface area contributed by atoms with E-state index in [2.05, 4.69) is 0 Å². The normalized spacial score (nSPS) is 13.4. The second-order valence-electron chi connectivity index (χ2n) is 3.39. The molecule has 16 heavy (non-hydrogen) atoms. The number of rotatable bonds is 2. The maximum absolute atomic E-state index is 11.4. The molecule has 0 fully saturated rings. The SMILES string of the molecule is COc1c(C(C)=O)cc(O)c2c1OCCO2. The van der Waals surface area contributed by atoms with Crippen LogP contribution in [0.5, 0.6) is 23.0 Å². The molecule has 1 heterocycles. The summed E-state index contributed by atoms with van der Waals surface area (Å²) in [6.07, 6.45) is 0. The Morgan fingerprint density at radius 1 is 1.38 bits per heavy atom. The van der Waals surface area contributed by atoms with E-state index < -0.39 is 0 Å². The van der Waals surface area contributed by atoms with E-state index in [1.54, 1.807) is 0 Å². The Bertz CT molecular complexity index is 438. The predicted molar refractivity (Wildman–Crippen MR) is 55.7 cm³/mol. The van der Waals surface area contributed by atoms with Crippen molar-refractivity contribution in [1.82, 2.24) is 0 Å². The second kappa shape index (κ2) is 3.92. The van der Waals surface area contributed by atoms with Gasteiger partial charge in [-0.25, -0.2) is 0 Å². The average Bonchev–Trinajstić information content (AvgIpc) is 2.29. The van der Waals surface area contributed by atoms with Crippen LogP contribution >= 0.6 is 0 Å². The number of phenols is 1. The van der Waals surface area contributed by atoms with Crippen LogP contribution in [0.2, 0.25) is 0 Å². The number of methoxy groups -OCH3 is 1. The van der Waals surface area contributed by atoms with Crippen LogP contribution in [-0.4, -0.2) is 31.2 Å². The molecule has 0 amide bonds. The summed E-state index contributed by atoms with van der Waals surface area (Å²) in [5, 5.41) is 9.69. The fourth-order valence-electron chi connectivity index (χ4n) is 1.63. The Labute approximate surface area is 92.5 Å².